The van der Waals surface area contributed by atoms with Gasteiger partial charge in [-0.05, 0) is 44.4 Å². The van der Waals surface area contributed by atoms with E-state index >= 15 is 0 Å². The van der Waals surface area contributed by atoms with E-state index in [9.17, 15) is 14.4 Å². The van der Waals surface area contributed by atoms with Crippen LogP contribution in [0, 0.1) is 0 Å². The molecular formula is C28H33N3O4. The zero-order valence-corrected chi connectivity index (χ0v) is 20.5. The van der Waals surface area contributed by atoms with Crippen LogP contribution in [0.5, 0.6) is 5.75 Å². The van der Waals surface area contributed by atoms with Gasteiger partial charge in [0.1, 0.15) is 11.4 Å². The van der Waals surface area contributed by atoms with E-state index in [1.165, 1.54) is 0 Å². The Morgan fingerprint density at radius 3 is 2.51 bits per heavy atom. The zero-order valence-electron chi connectivity index (χ0n) is 20.5. The number of methoxy groups -OCH3 is 1. The highest BCUT2D eigenvalue weighted by molar-refractivity contribution is 6.10. The van der Waals surface area contributed by atoms with Gasteiger partial charge in [-0.3, -0.25) is 19.3 Å². The van der Waals surface area contributed by atoms with Crippen LogP contribution < -0.4 is 15.0 Å². The maximum atomic E-state index is 13.4. The minimum Gasteiger partial charge on any atom is -0.496 e. The predicted molar refractivity (Wildman–Crippen MR) is 133 cm³/mol. The molecule has 0 spiro atoms. The lowest BCUT2D eigenvalue weighted by molar-refractivity contribution is -0.121. The monoisotopic (exact) mass is 475 g/mol. The van der Waals surface area contributed by atoms with Crippen molar-refractivity contribution in [3.63, 3.8) is 0 Å². The van der Waals surface area contributed by atoms with E-state index < -0.39 is 5.66 Å². The number of anilines is 1. The summed E-state index contributed by atoms with van der Waals surface area (Å²) in [6, 6.07) is 15.3. The van der Waals surface area contributed by atoms with E-state index in [0.717, 1.165) is 37.0 Å². The SMILES string of the molecule is COc1ccccc1C1(CNC(=O)CCN2C(=O)c3ccccc3N3C(=O)CCC23C)CCCC1. The third kappa shape index (κ3) is 3.87. The van der Waals surface area contributed by atoms with Crippen molar-refractivity contribution in [2.75, 3.05) is 25.1 Å². The highest BCUT2D eigenvalue weighted by Gasteiger charge is 2.52. The number of carbonyl (C=O) groups is 3. The van der Waals surface area contributed by atoms with E-state index in [-0.39, 0.29) is 36.1 Å². The van der Waals surface area contributed by atoms with Gasteiger partial charge in [0.2, 0.25) is 11.8 Å². The fourth-order valence-corrected chi connectivity index (χ4v) is 6.29. The Morgan fingerprint density at radius 1 is 1.03 bits per heavy atom. The van der Waals surface area contributed by atoms with Crippen molar-refractivity contribution in [3.8, 4) is 5.75 Å². The standard InChI is InChI=1S/C28H33N3O4/c1-27-17-13-25(33)31(27)22-11-5-3-9-20(22)26(34)30(27)18-14-24(32)29-19-28(15-7-8-16-28)21-10-4-6-12-23(21)35-2/h3-6,9-12H,7-8,13-19H2,1-2H3,(H,29,32). The quantitative estimate of drug-likeness (QED) is 0.656. The molecule has 184 valence electrons. The van der Waals surface area contributed by atoms with Crippen molar-refractivity contribution < 1.29 is 19.1 Å². The number of rotatable bonds is 7. The molecule has 2 aromatic rings. The van der Waals surface area contributed by atoms with Crippen LogP contribution in [0.1, 0.15) is 67.8 Å². The summed E-state index contributed by atoms with van der Waals surface area (Å²) < 4.78 is 5.63. The average molecular weight is 476 g/mol. The van der Waals surface area contributed by atoms with Gasteiger partial charge in [-0.15, -0.1) is 0 Å². The second kappa shape index (κ2) is 9.02. The molecule has 3 aliphatic rings. The van der Waals surface area contributed by atoms with Gasteiger partial charge >= 0.3 is 0 Å². The third-order valence-electron chi connectivity index (χ3n) is 8.17. The molecule has 1 N–H and O–H groups in total. The molecule has 1 atom stereocenters. The molecule has 1 saturated heterocycles. The van der Waals surface area contributed by atoms with Crippen LogP contribution in [0.15, 0.2) is 48.5 Å². The number of carbonyl (C=O) groups excluding carboxylic acids is 3. The first-order chi connectivity index (χ1) is 16.9. The number of fused-ring (bicyclic) bond motifs is 3. The molecule has 0 radical (unpaired) electrons. The van der Waals surface area contributed by atoms with Gasteiger partial charge in [0, 0.05) is 36.9 Å². The molecule has 2 fully saturated rings. The number of amides is 3. The van der Waals surface area contributed by atoms with Crippen LogP contribution in [0.2, 0.25) is 0 Å². The van der Waals surface area contributed by atoms with Crippen molar-refractivity contribution in [1.29, 1.82) is 0 Å². The first-order valence-electron chi connectivity index (χ1n) is 12.5. The molecule has 1 unspecified atom stereocenters. The van der Waals surface area contributed by atoms with E-state index in [1.54, 1.807) is 23.0 Å². The molecule has 5 rings (SSSR count). The number of nitrogens with one attached hydrogen (secondary N) is 1. The second-order valence-corrected chi connectivity index (χ2v) is 10.1. The van der Waals surface area contributed by atoms with Crippen LogP contribution in [0.4, 0.5) is 5.69 Å². The number of nitrogens with zero attached hydrogens (tertiary/aromatic N) is 2. The van der Waals surface area contributed by atoms with Gasteiger partial charge in [0.15, 0.2) is 0 Å². The Kier molecular flexibility index (Phi) is 6.03. The van der Waals surface area contributed by atoms with Crippen LogP contribution in [0.25, 0.3) is 0 Å². The highest BCUT2D eigenvalue weighted by atomic mass is 16.5. The molecule has 35 heavy (non-hydrogen) atoms. The van der Waals surface area contributed by atoms with Crippen LogP contribution in [-0.2, 0) is 15.0 Å². The molecule has 2 aromatic carbocycles. The Hall–Kier alpha value is -3.35. The average Bonchev–Trinajstić information content (AvgIpc) is 3.48. The summed E-state index contributed by atoms with van der Waals surface area (Å²) in [5.74, 6) is 0.669. The number of hydrogen-bond donors (Lipinski definition) is 1. The Bertz CT molecular complexity index is 1160. The smallest absolute Gasteiger partial charge is 0.257 e. The topological polar surface area (TPSA) is 79.0 Å². The molecule has 1 saturated carbocycles. The Labute approximate surface area is 206 Å². The van der Waals surface area contributed by atoms with E-state index in [4.69, 9.17) is 4.74 Å². The lowest BCUT2D eigenvalue weighted by Gasteiger charge is -2.48. The van der Waals surface area contributed by atoms with Gasteiger partial charge in [-0.25, -0.2) is 0 Å². The van der Waals surface area contributed by atoms with Gasteiger partial charge < -0.3 is 15.0 Å². The number of hydrogen-bond acceptors (Lipinski definition) is 4. The summed E-state index contributed by atoms with van der Waals surface area (Å²) in [6.07, 6.45) is 5.39. The van der Waals surface area contributed by atoms with Gasteiger partial charge in [-0.2, -0.15) is 0 Å². The summed E-state index contributed by atoms with van der Waals surface area (Å²) in [5.41, 5.74) is 1.45. The molecule has 0 bridgehead atoms. The van der Waals surface area contributed by atoms with Gasteiger partial charge in [-0.1, -0.05) is 43.2 Å². The third-order valence-corrected chi connectivity index (χ3v) is 8.17. The van der Waals surface area contributed by atoms with Gasteiger partial charge in [0.25, 0.3) is 5.91 Å². The fraction of sp³-hybridized carbons (Fsp3) is 0.464. The van der Waals surface area contributed by atoms with Crippen LogP contribution >= 0.6 is 0 Å². The van der Waals surface area contributed by atoms with Crippen molar-refractivity contribution in [3.05, 3.63) is 59.7 Å². The number of benzene rings is 2. The molecule has 2 aliphatic heterocycles. The summed E-state index contributed by atoms with van der Waals surface area (Å²) in [4.78, 5) is 42.6. The normalized spacial score (nSPS) is 22.7. The molecule has 3 amide bonds. The van der Waals surface area contributed by atoms with E-state index in [0.29, 0.717) is 30.6 Å². The van der Waals surface area contributed by atoms with Crippen molar-refractivity contribution in [2.24, 2.45) is 0 Å². The van der Waals surface area contributed by atoms with Gasteiger partial charge in [0.05, 0.1) is 18.4 Å². The molecule has 1 aliphatic carbocycles. The predicted octanol–water partition coefficient (Wildman–Crippen LogP) is 4.01. The lowest BCUT2D eigenvalue weighted by atomic mass is 9.78. The highest BCUT2D eigenvalue weighted by Crippen LogP contribution is 2.45. The number of para-hydroxylation sites is 2. The van der Waals surface area contributed by atoms with E-state index in [1.807, 2.05) is 43.3 Å². The number of ether oxygens (including phenoxy) is 1. The fourth-order valence-electron chi connectivity index (χ4n) is 6.29. The van der Waals surface area contributed by atoms with Crippen LogP contribution in [0.3, 0.4) is 0 Å². The van der Waals surface area contributed by atoms with Crippen LogP contribution in [-0.4, -0.2) is 48.5 Å². The molecule has 7 nitrogen and oxygen atoms in total. The molecule has 0 aromatic heterocycles. The second-order valence-electron chi connectivity index (χ2n) is 10.1. The first kappa shape index (κ1) is 23.4. The summed E-state index contributed by atoms with van der Waals surface area (Å²) in [5, 5.41) is 3.16. The zero-order chi connectivity index (χ0) is 24.6. The summed E-state index contributed by atoms with van der Waals surface area (Å²) in [7, 11) is 1.69. The lowest BCUT2D eigenvalue weighted by Crippen LogP contribution is -2.62. The Morgan fingerprint density at radius 2 is 1.74 bits per heavy atom. The molecular weight excluding hydrogens is 442 g/mol. The van der Waals surface area contributed by atoms with E-state index in [2.05, 4.69) is 11.4 Å². The maximum Gasteiger partial charge on any atom is 0.257 e. The minimum absolute atomic E-state index is 0.0156. The summed E-state index contributed by atoms with van der Waals surface area (Å²) in [6.45, 7) is 2.74. The van der Waals surface area contributed by atoms with Crippen molar-refractivity contribution in [1.82, 2.24) is 10.2 Å². The largest absolute Gasteiger partial charge is 0.496 e. The molecule has 7 heteroatoms. The van der Waals surface area contributed by atoms with Crippen molar-refractivity contribution in [2.45, 2.75) is 62.9 Å². The Balaban J connectivity index is 1.30. The molecule has 2 heterocycles. The minimum atomic E-state index is -0.743. The summed E-state index contributed by atoms with van der Waals surface area (Å²) >= 11 is 0. The van der Waals surface area contributed by atoms with Crippen molar-refractivity contribution >= 4 is 23.4 Å². The maximum absolute atomic E-state index is 13.4. The first-order valence-corrected chi connectivity index (χ1v) is 12.5.